The van der Waals surface area contributed by atoms with Crippen LogP contribution in [0.4, 0.5) is 10.1 Å². The van der Waals surface area contributed by atoms with Crippen LogP contribution in [-0.2, 0) is 6.42 Å². The van der Waals surface area contributed by atoms with Crippen molar-refractivity contribution in [3.05, 3.63) is 65.0 Å². The third-order valence-corrected chi connectivity index (χ3v) is 3.20. The Bertz CT molecular complexity index is 626. The second-order valence-electron chi connectivity index (χ2n) is 4.67. The molecule has 0 aliphatic carbocycles. The van der Waals surface area contributed by atoms with Crippen molar-refractivity contribution in [1.29, 1.82) is 0 Å². The van der Waals surface area contributed by atoms with Crippen molar-refractivity contribution in [2.45, 2.75) is 13.3 Å². The van der Waals surface area contributed by atoms with Crippen LogP contribution in [0.25, 0.3) is 0 Å². The molecule has 0 heterocycles. The number of hydrogen-bond acceptors (Lipinski definition) is 2. The fourth-order valence-corrected chi connectivity index (χ4v) is 1.97. The van der Waals surface area contributed by atoms with Crippen LogP contribution in [0.3, 0.4) is 0 Å². The first-order chi connectivity index (χ1) is 9.58. The molecule has 20 heavy (non-hydrogen) atoms. The zero-order valence-electron chi connectivity index (χ0n) is 11.3. The topological polar surface area (TPSA) is 55.1 Å². The number of nitrogens with two attached hydrogens (primary N) is 1. The molecule has 2 rings (SSSR count). The van der Waals surface area contributed by atoms with Crippen LogP contribution in [0, 0.1) is 12.7 Å². The normalized spacial score (nSPS) is 10.3. The summed E-state index contributed by atoms with van der Waals surface area (Å²) in [7, 11) is 0. The van der Waals surface area contributed by atoms with E-state index in [1.54, 1.807) is 0 Å². The fourth-order valence-electron chi connectivity index (χ4n) is 1.97. The average Bonchev–Trinajstić information content (AvgIpc) is 2.44. The summed E-state index contributed by atoms with van der Waals surface area (Å²) >= 11 is 0. The van der Waals surface area contributed by atoms with Crippen molar-refractivity contribution in [2.24, 2.45) is 0 Å². The molecular formula is C16H17FN2O. The molecule has 104 valence electrons. The van der Waals surface area contributed by atoms with E-state index >= 15 is 0 Å². The SMILES string of the molecule is Cc1ccccc1CCNC(=O)c1ccc(N)c(F)c1. The summed E-state index contributed by atoms with van der Waals surface area (Å²) < 4.78 is 13.3. The van der Waals surface area contributed by atoms with Crippen molar-refractivity contribution >= 4 is 11.6 Å². The van der Waals surface area contributed by atoms with Crippen LogP contribution in [0.1, 0.15) is 21.5 Å². The van der Waals surface area contributed by atoms with E-state index < -0.39 is 5.82 Å². The van der Waals surface area contributed by atoms with E-state index in [2.05, 4.69) is 5.32 Å². The van der Waals surface area contributed by atoms with Crippen molar-refractivity contribution in [3.63, 3.8) is 0 Å². The van der Waals surface area contributed by atoms with Gasteiger partial charge in [-0.15, -0.1) is 0 Å². The first-order valence-corrected chi connectivity index (χ1v) is 6.45. The molecule has 1 amide bonds. The largest absolute Gasteiger partial charge is 0.396 e. The first kappa shape index (κ1) is 14.1. The van der Waals surface area contributed by atoms with E-state index in [0.717, 1.165) is 12.5 Å². The number of carbonyl (C=O) groups excluding carboxylic acids is 1. The van der Waals surface area contributed by atoms with Gasteiger partial charge in [0.05, 0.1) is 5.69 Å². The smallest absolute Gasteiger partial charge is 0.251 e. The number of hydrogen-bond donors (Lipinski definition) is 2. The van der Waals surface area contributed by atoms with E-state index in [1.165, 1.54) is 23.3 Å². The van der Waals surface area contributed by atoms with Gasteiger partial charge < -0.3 is 11.1 Å². The minimum atomic E-state index is -0.573. The summed E-state index contributed by atoms with van der Waals surface area (Å²) in [4.78, 5) is 11.9. The summed E-state index contributed by atoms with van der Waals surface area (Å²) in [5, 5.41) is 2.77. The maximum Gasteiger partial charge on any atom is 0.251 e. The molecule has 0 aliphatic rings. The molecule has 0 unspecified atom stereocenters. The van der Waals surface area contributed by atoms with Crippen molar-refractivity contribution in [1.82, 2.24) is 5.32 Å². The van der Waals surface area contributed by atoms with Gasteiger partial charge in [-0.05, 0) is 42.7 Å². The molecule has 3 N–H and O–H groups in total. The predicted octanol–water partition coefficient (Wildman–Crippen LogP) is 2.69. The summed E-state index contributed by atoms with van der Waals surface area (Å²) in [6.07, 6.45) is 0.746. The molecule has 0 aromatic heterocycles. The molecule has 0 saturated carbocycles. The van der Waals surface area contributed by atoms with Gasteiger partial charge in [0.25, 0.3) is 5.91 Å². The quantitative estimate of drug-likeness (QED) is 0.841. The molecule has 0 bridgehead atoms. The van der Waals surface area contributed by atoms with Crippen LogP contribution in [0.15, 0.2) is 42.5 Å². The van der Waals surface area contributed by atoms with Gasteiger partial charge >= 0.3 is 0 Å². The van der Waals surface area contributed by atoms with E-state index in [9.17, 15) is 9.18 Å². The van der Waals surface area contributed by atoms with E-state index in [0.29, 0.717) is 6.54 Å². The van der Waals surface area contributed by atoms with Crippen molar-refractivity contribution in [2.75, 3.05) is 12.3 Å². The van der Waals surface area contributed by atoms with E-state index in [4.69, 9.17) is 5.73 Å². The highest BCUT2D eigenvalue weighted by molar-refractivity contribution is 5.94. The van der Waals surface area contributed by atoms with Gasteiger partial charge in [0.15, 0.2) is 0 Å². The molecule has 3 nitrogen and oxygen atoms in total. The number of anilines is 1. The van der Waals surface area contributed by atoms with E-state index in [1.807, 2.05) is 31.2 Å². The molecule has 0 spiro atoms. The number of amides is 1. The van der Waals surface area contributed by atoms with Gasteiger partial charge in [0.1, 0.15) is 5.82 Å². The summed E-state index contributed by atoms with van der Waals surface area (Å²) in [5.74, 6) is -0.867. The van der Waals surface area contributed by atoms with Crippen molar-refractivity contribution in [3.8, 4) is 0 Å². The Labute approximate surface area is 117 Å². The lowest BCUT2D eigenvalue weighted by Crippen LogP contribution is -2.26. The lowest BCUT2D eigenvalue weighted by molar-refractivity contribution is 0.0953. The Hall–Kier alpha value is -2.36. The number of aryl methyl sites for hydroxylation is 1. The number of rotatable bonds is 4. The van der Waals surface area contributed by atoms with E-state index in [-0.39, 0.29) is 17.2 Å². The standard InChI is InChI=1S/C16H17FN2O/c1-11-4-2-3-5-12(11)8-9-19-16(20)13-6-7-15(18)14(17)10-13/h2-7,10H,8-9,18H2,1H3,(H,19,20). The second kappa shape index (κ2) is 6.19. The Morgan fingerprint density at radius 3 is 2.70 bits per heavy atom. The Morgan fingerprint density at radius 2 is 2.00 bits per heavy atom. The van der Waals surface area contributed by atoms with Gasteiger partial charge in [0, 0.05) is 12.1 Å². The maximum absolute atomic E-state index is 13.3. The van der Waals surface area contributed by atoms with Gasteiger partial charge in [-0.1, -0.05) is 24.3 Å². The molecule has 0 saturated heterocycles. The third kappa shape index (κ3) is 3.35. The Morgan fingerprint density at radius 1 is 1.25 bits per heavy atom. The highest BCUT2D eigenvalue weighted by Gasteiger charge is 2.08. The van der Waals surface area contributed by atoms with Gasteiger partial charge in [-0.2, -0.15) is 0 Å². The van der Waals surface area contributed by atoms with Gasteiger partial charge in [-0.25, -0.2) is 4.39 Å². The van der Waals surface area contributed by atoms with Crippen LogP contribution in [0.2, 0.25) is 0 Å². The lowest BCUT2D eigenvalue weighted by Gasteiger charge is -2.08. The highest BCUT2D eigenvalue weighted by Crippen LogP contribution is 2.12. The summed E-state index contributed by atoms with van der Waals surface area (Å²) in [6.45, 7) is 2.54. The highest BCUT2D eigenvalue weighted by atomic mass is 19.1. The molecule has 2 aromatic rings. The fraction of sp³-hybridized carbons (Fsp3) is 0.188. The minimum Gasteiger partial charge on any atom is -0.396 e. The Kier molecular flexibility index (Phi) is 4.35. The van der Waals surface area contributed by atoms with Crippen LogP contribution >= 0.6 is 0 Å². The minimum absolute atomic E-state index is 0.0430. The summed E-state index contributed by atoms with van der Waals surface area (Å²) in [5.41, 5.74) is 8.08. The molecule has 0 aliphatic heterocycles. The molecular weight excluding hydrogens is 255 g/mol. The first-order valence-electron chi connectivity index (χ1n) is 6.45. The number of carbonyl (C=O) groups is 1. The maximum atomic E-state index is 13.3. The molecule has 4 heteroatoms. The van der Waals surface area contributed by atoms with Crippen LogP contribution in [0.5, 0.6) is 0 Å². The monoisotopic (exact) mass is 272 g/mol. The number of nitrogen functional groups attached to an aromatic ring is 1. The molecule has 2 aromatic carbocycles. The third-order valence-electron chi connectivity index (χ3n) is 3.20. The van der Waals surface area contributed by atoms with Crippen LogP contribution < -0.4 is 11.1 Å². The molecule has 0 fully saturated rings. The average molecular weight is 272 g/mol. The molecule has 0 radical (unpaired) electrons. The zero-order chi connectivity index (χ0) is 14.5. The number of halogens is 1. The summed E-state index contributed by atoms with van der Waals surface area (Å²) in [6, 6.07) is 12.1. The second-order valence-corrected chi connectivity index (χ2v) is 4.67. The van der Waals surface area contributed by atoms with Gasteiger partial charge in [0.2, 0.25) is 0 Å². The van der Waals surface area contributed by atoms with Crippen LogP contribution in [-0.4, -0.2) is 12.5 Å². The zero-order valence-corrected chi connectivity index (χ0v) is 11.3. The van der Waals surface area contributed by atoms with Gasteiger partial charge in [-0.3, -0.25) is 4.79 Å². The molecule has 0 atom stereocenters. The number of benzene rings is 2. The Balaban J connectivity index is 1.92. The lowest BCUT2D eigenvalue weighted by atomic mass is 10.1. The predicted molar refractivity (Wildman–Crippen MR) is 78.0 cm³/mol. The number of nitrogens with one attached hydrogen (secondary N) is 1. The van der Waals surface area contributed by atoms with Crippen molar-refractivity contribution < 1.29 is 9.18 Å².